The van der Waals surface area contributed by atoms with Crippen molar-refractivity contribution in [3.63, 3.8) is 0 Å². The second-order valence-electron chi connectivity index (χ2n) is 9.24. The number of benzene rings is 2. The summed E-state index contributed by atoms with van der Waals surface area (Å²) in [7, 11) is 0. The molecule has 4 heterocycles. The maximum atomic E-state index is 10.0. The Balaban J connectivity index is 1.56. The highest BCUT2D eigenvalue weighted by Gasteiger charge is 2.21. The van der Waals surface area contributed by atoms with Crippen LogP contribution in [-0.2, 0) is 6.42 Å². The van der Waals surface area contributed by atoms with Gasteiger partial charge in [-0.05, 0) is 60.9 Å². The Kier molecular flexibility index (Phi) is 4.63. The maximum Gasteiger partial charge on any atom is 0.141 e. The molecule has 0 spiro atoms. The van der Waals surface area contributed by atoms with Crippen LogP contribution in [0.5, 0.6) is 0 Å². The van der Waals surface area contributed by atoms with Gasteiger partial charge < -0.3 is 9.13 Å². The first-order valence-corrected chi connectivity index (χ1v) is 12.2. The summed E-state index contributed by atoms with van der Waals surface area (Å²) in [5.41, 5.74) is 7.81. The van der Waals surface area contributed by atoms with Crippen molar-refractivity contribution < 1.29 is 0 Å². The number of fused-ring (bicyclic) bond motifs is 6. The lowest BCUT2D eigenvalue weighted by molar-refractivity contribution is 0.966. The van der Waals surface area contributed by atoms with Gasteiger partial charge in [0.15, 0.2) is 0 Å². The van der Waals surface area contributed by atoms with Gasteiger partial charge in [0, 0.05) is 33.2 Å². The molecule has 6 aromatic rings. The number of aromatic nitrogens is 4. The van der Waals surface area contributed by atoms with E-state index in [1.165, 1.54) is 5.56 Å². The molecule has 1 aliphatic carbocycles. The highest BCUT2D eigenvalue weighted by atomic mass is 15.0. The molecule has 0 N–H and O–H groups in total. The molecule has 0 fully saturated rings. The normalized spacial score (nSPS) is 12.3. The molecule has 0 unspecified atom stereocenters. The predicted molar refractivity (Wildman–Crippen MR) is 145 cm³/mol. The van der Waals surface area contributed by atoms with E-state index in [9.17, 15) is 15.8 Å². The van der Waals surface area contributed by atoms with E-state index in [0.29, 0.717) is 17.0 Å². The van der Waals surface area contributed by atoms with Gasteiger partial charge in [0.25, 0.3) is 0 Å². The van der Waals surface area contributed by atoms with Crippen LogP contribution in [0.3, 0.4) is 0 Å². The van der Waals surface area contributed by atoms with Crippen molar-refractivity contribution in [1.82, 2.24) is 19.1 Å². The highest BCUT2D eigenvalue weighted by Crippen LogP contribution is 2.37. The summed E-state index contributed by atoms with van der Waals surface area (Å²) >= 11 is 0. The minimum atomic E-state index is 0.355. The third kappa shape index (κ3) is 3.05. The topological polar surface area (TPSA) is 107 Å². The summed E-state index contributed by atoms with van der Waals surface area (Å²) in [6.45, 7) is 0. The van der Waals surface area contributed by atoms with Gasteiger partial charge in [-0.3, -0.25) is 0 Å². The summed E-state index contributed by atoms with van der Waals surface area (Å²) < 4.78 is 4.21. The molecule has 7 heteroatoms. The zero-order chi connectivity index (χ0) is 25.8. The number of hydrogen-bond acceptors (Lipinski definition) is 5. The van der Waals surface area contributed by atoms with Gasteiger partial charge in [0.2, 0.25) is 0 Å². The van der Waals surface area contributed by atoms with Crippen LogP contribution in [0.25, 0.3) is 50.2 Å². The molecule has 0 atom stereocenters. The fraction of sp³-hybridized carbons (Fsp3) is 0.0645. The maximum absolute atomic E-state index is 10.0. The van der Waals surface area contributed by atoms with Crippen LogP contribution in [0, 0.1) is 34.0 Å². The molecule has 0 bridgehead atoms. The molecule has 38 heavy (non-hydrogen) atoms. The Labute approximate surface area is 217 Å². The molecule has 2 aromatic carbocycles. The summed E-state index contributed by atoms with van der Waals surface area (Å²) in [6, 6.07) is 24.1. The number of rotatable bonds is 2. The summed E-state index contributed by atoms with van der Waals surface area (Å²) in [4.78, 5) is 8.70. The van der Waals surface area contributed by atoms with Crippen LogP contribution in [-0.4, -0.2) is 19.1 Å². The van der Waals surface area contributed by atoms with Crippen molar-refractivity contribution >= 4 is 38.8 Å². The first-order valence-electron chi connectivity index (χ1n) is 12.2. The third-order valence-corrected chi connectivity index (χ3v) is 7.17. The van der Waals surface area contributed by atoms with E-state index in [4.69, 9.17) is 0 Å². The van der Waals surface area contributed by atoms with E-state index >= 15 is 0 Å². The molecule has 7 nitrogen and oxygen atoms in total. The zero-order valence-electron chi connectivity index (χ0n) is 20.1. The van der Waals surface area contributed by atoms with Crippen molar-refractivity contribution in [1.29, 1.82) is 15.8 Å². The summed E-state index contributed by atoms with van der Waals surface area (Å²) in [5, 5.41) is 31.8. The van der Waals surface area contributed by atoms with E-state index in [1.54, 1.807) is 12.4 Å². The lowest BCUT2D eigenvalue weighted by Crippen LogP contribution is -2.03. The van der Waals surface area contributed by atoms with Gasteiger partial charge in [0.1, 0.15) is 23.5 Å². The molecule has 0 radical (unpaired) electrons. The van der Waals surface area contributed by atoms with E-state index in [2.05, 4.69) is 55.5 Å². The van der Waals surface area contributed by atoms with Crippen LogP contribution in [0.2, 0.25) is 0 Å². The lowest BCUT2D eigenvalue weighted by atomic mass is 10.0. The van der Waals surface area contributed by atoms with Crippen LogP contribution >= 0.6 is 0 Å². The minimum absolute atomic E-state index is 0.355. The molecular formula is C31H17N7. The van der Waals surface area contributed by atoms with Gasteiger partial charge in [-0.2, -0.15) is 15.8 Å². The van der Waals surface area contributed by atoms with Crippen LogP contribution in [0.4, 0.5) is 0 Å². The number of nitrogens with zero attached hydrogens (tertiary/aromatic N) is 7. The molecule has 0 aliphatic heterocycles. The minimum Gasteiger partial charge on any atom is -0.308 e. The second kappa shape index (κ2) is 8.17. The van der Waals surface area contributed by atoms with Gasteiger partial charge in [-0.15, -0.1) is 0 Å². The van der Waals surface area contributed by atoms with Crippen molar-refractivity contribution in [3.05, 3.63) is 101 Å². The molecule has 4 aromatic heterocycles. The Morgan fingerprint density at radius 3 is 2.11 bits per heavy atom. The van der Waals surface area contributed by atoms with E-state index in [1.807, 2.05) is 48.5 Å². The second-order valence-corrected chi connectivity index (χ2v) is 9.24. The Bertz CT molecular complexity index is 2120. The zero-order valence-corrected chi connectivity index (χ0v) is 20.1. The van der Waals surface area contributed by atoms with Crippen molar-refractivity contribution in [2.24, 2.45) is 0 Å². The lowest BCUT2D eigenvalue weighted by Gasteiger charge is -2.15. The standard InChI is InChI=1S/C31H17N7/c32-14-19-9-22(37-28-7-3-1-5-24(28)26-11-20(15-33)35-17-30(26)37)13-23(10-19)38-29-8-4-2-6-25(29)27-12-21(16-34)36-18-31(27)38/h1,3-5,7-13,17-18H,2,6H2. The monoisotopic (exact) mass is 487 g/mol. The Morgan fingerprint density at radius 2 is 1.37 bits per heavy atom. The number of allylic oxidation sites excluding steroid dienone is 1. The third-order valence-electron chi connectivity index (χ3n) is 7.17. The molecule has 7 rings (SSSR count). The molecule has 0 amide bonds. The molecule has 0 saturated heterocycles. The highest BCUT2D eigenvalue weighted by molar-refractivity contribution is 6.09. The molecule has 0 saturated carbocycles. The van der Waals surface area contributed by atoms with Gasteiger partial charge in [-0.25, -0.2) is 9.97 Å². The first kappa shape index (κ1) is 21.6. The van der Waals surface area contributed by atoms with E-state index < -0.39 is 0 Å². The number of nitriles is 3. The molecule has 176 valence electrons. The van der Waals surface area contributed by atoms with E-state index in [0.717, 1.165) is 62.6 Å². The van der Waals surface area contributed by atoms with Crippen molar-refractivity contribution in [2.75, 3.05) is 0 Å². The van der Waals surface area contributed by atoms with Gasteiger partial charge >= 0.3 is 0 Å². The quantitative estimate of drug-likeness (QED) is 0.294. The fourth-order valence-electron chi connectivity index (χ4n) is 5.60. The van der Waals surface area contributed by atoms with E-state index in [-0.39, 0.29) is 0 Å². The van der Waals surface area contributed by atoms with Crippen molar-refractivity contribution in [2.45, 2.75) is 12.8 Å². The SMILES string of the molecule is N#Cc1cc(-n2c3c(c4cc(C#N)ncc42)CCC=C3)cc(-n2c3ccccc3c3cc(C#N)ncc32)c1. The molecular weight excluding hydrogens is 470 g/mol. The Morgan fingerprint density at radius 1 is 0.684 bits per heavy atom. The number of aryl methyl sites for hydroxylation is 1. The number of pyridine rings is 2. The summed E-state index contributed by atoms with van der Waals surface area (Å²) in [6.07, 6.45) is 9.52. The average molecular weight is 488 g/mol. The first-order chi connectivity index (χ1) is 18.7. The van der Waals surface area contributed by atoms with Gasteiger partial charge in [-0.1, -0.05) is 24.3 Å². The predicted octanol–water partition coefficient (Wildman–Crippen LogP) is 6.09. The fourth-order valence-corrected chi connectivity index (χ4v) is 5.60. The largest absolute Gasteiger partial charge is 0.308 e. The van der Waals surface area contributed by atoms with Crippen LogP contribution in [0.15, 0.2) is 73.1 Å². The van der Waals surface area contributed by atoms with Crippen LogP contribution in [0.1, 0.15) is 34.6 Å². The average Bonchev–Trinajstić information content (AvgIpc) is 3.49. The molecule has 1 aliphatic rings. The van der Waals surface area contributed by atoms with Gasteiger partial charge in [0.05, 0.1) is 40.6 Å². The van der Waals surface area contributed by atoms with Crippen molar-refractivity contribution in [3.8, 4) is 29.6 Å². The Hall–Kier alpha value is -5.71. The number of hydrogen-bond donors (Lipinski definition) is 0. The van der Waals surface area contributed by atoms with Crippen LogP contribution < -0.4 is 0 Å². The number of para-hydroxylation sites is 1. The summed E-state index contributed by atoms with van der Waals surface area (Å²) in [5.74, 6) is 0. The smallest absolute Gasteiger partial charge is 0.141 e.